The number of benzene rings is 2. The summed E-state index contributed by atoms with van der Waals surface area (Å²) >= 11 is 7.25. The Kier molecular flexibility index (Phi) is 5.27. The van der Waals surface area contributed by atoms with Crippen LogP contribution in [0.15, 0.2) is 72.1 Å². The van der Waals surface area contributed by atoms with Crippen LogP contribution >= 0.6 is 23.4 Å². The molecular weight excluding hydrogens is 394 g/mol. The van der Waals surface area contributed by atoms with E-state index in [1.54, 1.807) is 35.1 Å². The molecule has 0 aliphatic carbocycles. The molecule has 0 radical (unpaired) electrons. The van der Waals surface area contributed by atoms with E-state index in [0.29, 0.717) is 21.4 Å². The second kappa shape index (κ2) is 8.00. The van der Waals surface area contributed by atoms with Crippen molar-refractivity contribution in [3.63, 3.8) is 0 Å². The number of rotatable bonds is 5. The average Bonchev–Trinajstić information content (AvgIpc) is 3.15. The molecule has 28 heavy (non-hydrogen) atoms. The lowest BCUT2D eigenvalue weighted by molar-refractivity contribution is -0.115. The molecule has 0 saturated heterocycles. The monoisotopic (exact) mass is 409 g/mol. The summed E-state index contributed by atoms with van der Waals surface area (Å²) in [6.07, 6.45) is 3.23. The van der Waals surface area contributed by atoms with Crippen LogP contribution in [-0.4, -0.2) is 30.9 Å². The topological polar surface area (TPSA) is 72.7 Å². The zero-order valence-corrected chi connectivity index (χ0v) is 16.5. The van der Waals surface area contributed by atoms with Crippen molar-refractivity contribution in [3.8, 4) is 5.69 Å². The number of hydrogen-bond acceptors (Lipinski definition) is 5. The van der Waals surface area contributed by atoms with Gasteiger partial charge in [-0.15, -0.1) is 0 Å². The van der Waals surface area contributed by atoms with Crippen LogP contribution in [0.1, 0.15) is 6.92 Å². The number of amides is 1. The fraction of sp³-hybridized carbons (Fsp3) is 0.100. The van der Waals surface area contributed by atoms with Crippen molar-refractivity contribution in [1.29, 1.82) is 0 Å². The Balaban J connectivity index is 1.55. The minimum atomic E-state index is -0.353. The van der Waals surface area contributed by atoms with Gasteiger partial charge in [0.1, 0.15) is 11.4 Å². The Morgan fingerprint density at radius 2 is 1.86 bits per heavy atom. The standard InChI is InChI=1S/C20H16ClN5OS/c1-13(19(27)25-15-9-7-14(21)8-10-15)28-20-17-11-24-26(18(17)22-12-23-20)16-5-3-2-4-6-16/h2-13H,1H3,(H,25,27)/t13-/m1/s1. The lowest BCUT2D eigenvalue weighted by Gasteiger charge is -2.12. The first kappa shape index (κ1) is 18.5. The molecule has 4 aromatic rings. The molecule has 8 heteroatoms. The maximum Gasteiger partial charge on any atom is 0.237 e. The smallest absolute Gasteiger partial charge is 0.237 e. The fourth-order valence-electron chi connectivity index (χ4n) is 2.67. The third-order valence-corrected chi connectivity index (χ3v) is 5.47. The van der Waals surface area contributed by atoms with E-state index in [4.69, 9.17) is 11.6 Å². The first-order valence-corrected chi connectivity index (χ1v) is 9.85. The molecule has 0 fully saturated rings. The minimum absolute atomic E-state index is 0.116. The van der Waals surface area contributed by atoms with Crippen molar-refractivity contribution >= 4 is 46.0 Å². The summed E-state index contributed by atoms with van der Waals surface area (Å²) in [6, 6.07) is 16.8. The van der Waals surface area contributed by atoms with Crippen LogP contribution in [0.3, 0.4) is 0 Å². The lowest BCUT2D eigenvalue weighted by atomic mass is 10.3. The number of nitrogens with zero attached hydrogens (tertiary/aromatic N) is 4. The number of para-hydroxylation sites is 1. The van der Waals surface area contributed by atoms with E-state index < -0.39 is 0 Å². The molecule has 2 aromatic heterocycles. The fourth-order valence-corrected chi connectivity index (χ4v) is 3.68. The van der Waals surface area contributed by atoms with E-state index in [2.05, 4.69) is 20.4 Å². The van der Waals surface area contributed by atoms with Crippen molar-refractivity contribution in [1.82, 2.24) is 19.7 Å². The number of halogens is 1. The van der Waals surface area contributed by atoms with Crippen molar-refractivity contribution in [2.75, 3.05) is 5.32 Å². The molecule has 0 aliphatic rings. The average molecular weight is 410 g/mol. The number of fused-ring (bicyclic) bond motifs is 1. The summed E-state index contributed by atoms with van der Waals surface area (Å²) in [5.41, 5.74) is 2.32. The van der Waals surface area contributed by atoms with E-state index in [0.717, 1.165) is 11.1 Å². The summed E-state index contributed by atoms with van der Waals surface area (Å²) in [7, 11) is 0. The van der Waals surface area contributed by atoms with Gasteiger partial charge in [-0.25, -0.2) is 14.6 Å². The molecule has 1 atom stereocenters. The van der Waals surface area contributed by atoms with E-state index in [9.17, 15) is 4.79 Å². The Morgan fingerprint density at radius 1 is 1.11 bits per heavy atom. The summed E-state index contributed by atoms with van der Waals surface area (Å²) in [4.78, 5) is 21.3. The van der Waals surface area contributed by atoms with Gasteiger partial charge in [0.15, 0.2) is 5.65 Å². The van der Waals surface area contributed by atoms with Crippen LogP contribution in [0.25, 0.3) is 16.7 Å². The zero-order valence-electron chi connectivity index (χ0n) is 14.9. The van der Waals surface area contributed by atoms with Gasteiger partial charge in [-0.1, -0.05) is 41.6 Å². The first-order valence-electron chi connectivity index (χ1n) is 8.59. The van der Waals surface area contributed by atoms with Gasteiger partial charge in [0.05, 0.1) is 22.5 Å². The van der Waals surface area contributed by atoms with E-state index >= 15 is 0 Å². The largest absolute Gasteiger partial charge is 0.325 e. The van der Waals surface area contributed by atoms with Gasteiger partial charge in [-0.2, -0.15) is 5.10 Å². The molecule has 4 rings (SSSR count). The maximum absolute atomic E-state index is 12.5. The van der Waals surface area contributed by atoms with Crippen molar-refractivity contribution in [2.45, 2.75) is 17.2 Å². The molecule has 0 bridgehead atoms. The van der Waals surface area contributed by atoms with Gasteiger partial charge in [-0.3, -0.25) is 4.79 Å². The van der Waals surface area contributed by atoms with Gasteiger partial charge in [0.25, 0.3) is 0 Å². The molecule has 2 heterocycles. The highest BCUT2D eigenvalue weighted by molar-refractivity contribution is 8.00. The summed E-state index contributed by atoms with van der Waals surface area (Å²) < 4.78 is 1.76. The highest BCUT2D eigenvalue weighted by atomic mass is 35.5. The van der Waals surface area contributed by atoms with Crippen molar-refractivity contribution in [2.24, 2.45) is 0 Å². The molecule has 6 nitrogen and oxygen atoms in total. The van der Waals surface area contributed by atoms with Gasteiger partial charge in [-0.05, 0) is 43.3 Å². The number of nitrogens with one attached hydrogen (secondary N) is 1. The Morgan fingerprint density at radius 3 is 2.61 bits per heavy atom. The molecule has 0 saturated carbocycles. The molecule has 0 unspecified atom stereocenters. The van der Waals surface area contributed by atoms with Gasteiger partial charge < -0.3 is 5.32 Å². The quantitative estimate of drug-likeness (QED) is 0.385. The Hall–Kier alpha value is -2.90. The second-order valence-electron chi connectivity index (χ2n) is 6.06. The zero-order chi connectivity index (χ0) is 19.5. The van der Waals surface area contributed by atoms with E-state index in [1.807, 2.05) is 37.3 Å². The second-order valence-corrected chi connectivity index (χ2v) is 7.83. The van der Waals surface area contributed by atoms with Gasteiger partial charge >= 0.3 is 0 Å². The van der Waals surface area contributed by atoms with Crippen LogP contribution < -0.4 is 5.32 Å². The summed E-state index contributed by atoms with van der Waals surface area (Å²) in [6.45, 7) is 1.84. The molecule has 1 amide bonds. The Bertz CT molecular complexity index is 1110. The molecule has 140 valence electrons. The van der Waals surface area contributed by atoms with Gasteiger partial charge in [0.2, 0.25) is 5.91 Å². The number of hydrogen-bond donors (Lipinski definition) is 1. The summed E-state index contributed by atoms with van der Waals surface area (Å²) in [5, 5.41) is 9.12. The highest BCUT2D eigenvalue weighted by Crippen LogP contribution is 2.29. The van der Waals surface area contributed by atoms with Crippen LogP contribution in [0, 0.1) is 0 Å². The predicted molar refractivity (Wildman–Crippen MR) is 112 cm³/mol. The van der Waals surface area contributed by atoms with Crippen LogP contribution in [-0.2, 0) is 4.79 Å². The number of anilines is 1. The molecular formula is C20H16ClN5OS. The number of thioether (sulfide) groups is 1. The van der Waals surface area contributed by atoms with Gasteiger partial charge in [0, 0.05) is 10.7 Å². The summed E-state index contributed by atoms with van der Waals surface area (Å²) in [5.74, 6) is -0.116. The van der Waals surface area contributed by atoms with Crippen LogP contribution in [0.5, 0.6) is 0 Å². The third-order valence-electron chi connectivity index (χ3n) is 4.10. The number of aromatic nitrogens is 4. The molecule has 0 aliphatic heterocycles. The lowest BCUT2D eigenvalue weighted by Crippen LogP contribution is -2.22. The normalized spacial score (nSPS) is 12.1. The van der Waals surface area contributed by atoms with E-state index in [-0.39, 0.29) is 11.2 Å². The minimum Gasteiger partial charge on any atom is -0.325 e. The van der Waals surface area contributed by atoms with Crippen molar-refractivity contribution in [3.05, 3.63) is 72.1 Å². The van der Waals surface area contributed by atoms with Crippen LogP contribution in [0.4, 0.5) is 5.69 Å². The number of carbonyl (C=O) groups is 1. The Labute approximate surface area is 171 Å². The molecule has 1 N–H and O–H groups in total. The molecule has 0 spiro atoms. The maximum atomic E-state index is 12.5. The molecule has 2 aromatic carbocycles. The predicted octanol–water partition coefficient (Wildman–Crippen LogP) is 4.59. The SMILES string of the molecule is C[C@@H](Sc1ncnc2c1cnn2-c1ccccc1)C(=O)Nc1ccc(Cl)cc1. The number of carbonyl (C=O) groups excluding carboxylic acids is 1. The van der Waals surface area contributed by atoms with Crippen LogP contribution in [0.2, 0.25) is 5.02 Å². The van der Waals surface area contributed by atoms with E-state index in [1.165, 1.54) is 18.1 Å². The van der Waals surface area contributed by atoms with Crippen molar-refractivity contribution < 1.29 is 4.79 Å². The first-order chi connectivity index (χ1) is 13.6. The third kappa shape index (κ3) is 3.85. The highest BCUT2D eigenvalue weighted by Gasteiger charge is 2.19.